The number of benzene rings is 2. The molecule has 3 N–H and O–H groups in total. The minimum absolute atomic E-state index is 0.0241. The van der Waals surface area contributed by atoms with Gasteiger partial charge in [-0.3, -0.25) is 14.5 Å². The maximum atomic E-state index is 13.0. The third kappa shape index (κ3) is 6.11. The second-order valence-corrected chi connectivity index (χ2v) is 10.8. The summed E-state index contributed by atoms with van der Waals surface area (Å²) >= 11 is 0. The second kappa shape index (κ2) is 11.5. The molecule has 3 aromatic rings. The van der Waals surface area contributed by atoms with E-state index in [0.717, 1.165) is 49.2 Å². The molecule has 5 rings (SSSR count). The van der Waals surface area contributed by atoms with Crippen LogP contribution in [-0.4, -0.2) is 58.1 Å². The number of halogens is 1. The van der Waals surface area contributed by atoms with Crippen LogP contribution >= 0.6 is 0 Å². The van der Waals surface area contributed by atoms with E-state index in [9.17, 15) is 19.1 Å². The van der Waals surface area contributed by atoms with Gasteiger partial charge in [0.25, 0.3) is 5.56 Å². The van der Waals surface area contributed by atoms with Gasteiger partial charge in [0.1, 0.15) is 12.5 Å². The minimum atomic E-state index is -0.582. The van der Waals surface area contributed by atoms with Gasteiger partial charge in [-0.2, -0.15) is 0 Å². The number of H-pyrrole nitrogens is 1. The van der Waals surface area contributed by atoms with Gasteiger partial charge in [0.05, 0.1) is 17.4 Å². The van der Waals surface area contributed by atoms with Crippen LogP contribution in [0.2, 0.25) is 0 Å². The second-order valence-electron chi connectivity index (χ2n) is 10.8. The molecule has 0 amide bonds. The third-order valence-electron chi connectivity index (χ3n) is 7.86. The average Bonchev–Trinajstić information content (AvgIpc) is 2.93. The molecule has 2 atom stereocenters. The molecule has 0 bridgehead atoms. The molecule has 2 heterocycles. The monoisotopic (exact) mass is 528 g/mol. The van der Waals surface area contributed by atoms with E-state index in [1.54, 1.807) is 6.92 Å². The fourth-order valence-corrected chi connectivity index (χ4v) is 5.29. The summed E-state index contributed by atoms with van der Waals surface area (Å²) in [4.78, 5) is 32.4. The van der Waals surface area contributed by atoms with Gasteiger partial charge < -0.3 is 15.4 Å². The molecule has 2 aromatic carbocycles. The number of Topliss-reactive ketones (excluding diaryl/α,β-unsaturated/α-hetero) is 1. The first kappa shape index (κ1) is 26.8. The summed E-state index contributed by atoms with van der Waals surface area (Å²) in [5.41, 5.74) is 3.67. The van der Waals surface area contributed by atoms with Crippen molar-refractivity contribution < 1.29 is 14.3 Å². The van der Waals surface area contributed by atoms with E-state index in [1.165, 1.54) is 11.9 Å². The summed E-state index contributed by atoms with van der Waals surface area (Å²) in [7, 11) is 0. The van der Waals surface area contributed by atoms with E-state index in [1.807, 2.05) is 36.4 Å². The van der Waals surface area contributed by atoms with Crippen molar-refractivity contribution in [2.24, 2.45) is 5.41 Å². The number of aromatic nitrogens is 2. The third-order valence-corrected chi connectivity index (χ3v) is 7.86. The SMILES string of the molecule is C[C@@H](CF)NC[C@@H](Cc1nc[nH]c(=O)c1O)c1ccc(C#Cc2ccc(CN3CC4(CCC4=O)C3)cc2)cc1. The number of ketones is 1. The molecule has 1 saturated heterocycles. The number of aromatic hydroxyl groups is 1. The predicted octanol–water partition coefficient (Wildman–Crippen LogP) is 3.31. The van der Waals surface area contributed by atoms with Crippen LogP contribution in [0.25, 0.3) is 0 Å². The van der Waals surface area contributed by atoms with Crippen molar-refractivity contribution in [3.63, 3.8) is 0 Å². The molecular formula is C31H33FN4O3. The molecule has 7 nitrogen and oxygen atoms in total. The van der Waals surface area contributed by atoms with Crippen molar-refractivity contribution in [3.05, 3.63) is 93.2 Å². The lowest BCUT2D eigenvalue weighted by atomic mass is 9.62. The van der Waals surface area contributed by atoms with E-state index in [4.69, 9.17) is 0 Å². The van der Waals surface area contributed by atoms with Crippen molar-refractivity contribution in [3.8, 4) is 17.6 Å². The average molecular weight is 529 g/mol. The zero-order valence-corrected chi connectivity index (χ0v) is 22.0. The van der Waals surface area contributed by atoms with Crippen LogP contribution in [0.4, 0.5) is 4.39 Å². The Morgan fingerprint density at radius 3 is 2.36 bits per heavy atom. The fourth-order valence-electron chi connectivity index (χ4n) is 5.29. The maximum absolute atomic E-state index is 13.0. The number of likely N-dealkylation sites (tertiary alicyclic amines) is 1. The van der Waals surface area contributed by atoms with Crippen LogP contribution in [0, 0.1) is 17.3 Å². The molecule has 1 saturated carbocycles. The molecule has 2 fully saturated rings. The first-order valence-electron chi connectivity index (χ1n) is 13.4. The van der Waals surface area contributed by atoms with Crippen molar-refractivity contribution in [2.45, 2.75) is 44.7 Å². The molecule has 1 spiro atoms. The summed E-state index contributed by atoms with van der Waals surface area (Å²) in [5, 5.41) is 13.3. The normalized spacial score (nSPS) is 17.5. The number of nitrogens with one attached hydrogen (secondary N) is 2. The van der Waals surface area contributed by atoms with Crippen molar-refractivity contribution in [1.82, 2.24) is 20.2 Å². The van der Waals surface area contributed by atoms with Gasteiger partial charge in [0.2, 0.25) is 5.75 Å². The lowest BCUT2D eigenvalue weighted by Crippen LogP contribution is -2.64. The Labute approximate surface area is 227 Å². The topological polar surface area (TPSA) is 98.3 Å². The lowest BCUT2D eigenvalue weighted by molar-refractivity contribution is -0.154. The van der Waals surface area contributed by atoms with Crippen molar-refractivity contribution in [2.75, 3.05) is 26.3 Å². The van der Waals surface area contributed by atoms with Gasteiger partial charge in [-0.25, -0.2) is 9.37 Å². The Morgan fingerprint density at radius 2 is 1.77 bits per heavy atom. The molecule has 1 aromatic heterocycles. The number of rotatable bonds is 9. The first-order valence-corrected chi connectivity index (χ1v) is 13.4. The number of nitrogens with zero attached hydrogens (tertiary/aromatic N) is 2. The molecule has 2 aliphatic rings. The number of carbonyl (C=O) groups excluding carboxylic acids is 1. The number of aromatic amines is 1. The Kier molecular flexibility index (Phi) is 7.92. The number of alkyl halides is 1. The van der Waals surface area contributed by atoms with Crippen LogP contribution in [0.1, 0.15) is 53.6 Å². The highest BCUT2D eigenvalue weighted by molar-refractivity contribution is 5.91. The molecule has 39 heavy (non-hydrogen) atoms. The van der Waals surface area contributed by atoms with E-state index in [-0.39, 0.29) is 17.4 Å². The smallest absolute Gasteiger partial charge is 0.293 e. The number of hydrogen-bond donors (Lipinski definition) is 3. The van der Waals surface area contributed by atoms with Crippen LogP contribution in [0.3, 0.4) is 0 Å². The van der Waals surface area contributed by atoms with Gasteiger partial charge in [0.15, 0.2) is 0 Å². The van der Waals surface area contributed by atoms with Gasteiger partial charge in [-0.05, 0) is 48.7 Å². The predicted molar refractivity (Wildman–Crippen MR) is 147 cm³/mol. The highest BCUT2D eigenvalue weighted by Crippen LogP contribution is 2.45. The van der Waals surface area contributed by atoms with E-state index >= 15 is 0 Å². The van der Waals surface area contributed by atoms with Crippen LogP contribution < -0.4 is 10.9 Å². The largest absolute Gasteiger partial charge is 0.502 e. The highest BCUT2D eigenvalue weighted by Gasteiger charge is 2.53. The molecule has 1 aliphatic carbocycles. The quantitative estimate of drug-likeness (QED) is 0.369. The molecule has 8 heteroatoms. The van der Waals surface area contributed by atoms with E-state index < -0.39 is 18.0 Å². The van der Waals surface area contributed by atoms with Crippen LogP contribution in [0.5, 0.6) is 5.75 Å². The first-order chi connectivity index (χ1) is 18.8. The summed E-state index contributed by atoms with van der Waals surface area (Å²) in [6.07, 6.45) is 3.39. The van der Waals surface area contributed by atoms with Crippen LogP contribution in [-0.2, 0) is 17.8 Å². The summed E-state index contributed by atoms with van der Waals surface area (Å²) < 4.78 is 13.0. The Bertz CT molecular complexity index is 1430. The lowest BCUT2D eigenvalue weighted by Gasteiger charge is -2.54. The zero-order chi connectivity index (χ0) is 27.4. The zero-order valence-electron chi connectivity index (χ0n) is 22.0. The standard InChI is InChI=1S/C31H33FN4O3/c1-21(15-32)33-16-26(14-27-29(38)30(39)35-20-34-27)25-10-8-23(9-11-25)3-2-22-4-6-24(7-5-22)17-36-18-31(19-36)13-12-28(31)37/h4-11,20-21,26,33,38H,12-19H2,1H3,(H,34,35,39)/t21-,26+/m0/s1. The van der Waals surface area contributed by atoms with Crippen LogP contribution in [0.15, 0.2) is 59.7 Å². The maximum Gasteiger partial charge on any atom is 0.293 e. The van der Waals surface area contributed by atoms with Gasteiger partial charge in [0, 0.05) is 62.1 Å². The molecule has 1 aliphatic heterocycles. The fraction of sp³-hybridized carbons (Fsp3) is 0.387. The van der Waals surface area contributed by atoms with Gasteiger partial charge in [-0.15, -0.1) is 0 Å². The Morgan fingerprint density at radius 1 is 1.10 bits per heavy atom. The summed E-state index contributed by atoms with van der Waals surface area (Å²) in [5.74, 6) is 6.33. The van der Waals surface area contributed by atoms with Crippen molar-refractivity contribution >= 4 is 5.78 Å². The Balaban J connectivity index is 1.22. The van der Waals surface area contributed by atoms with E-state index in [2.05, 4.69) is 44.2 Å². The summed E-state index contributed by atoms with van der Waals surface area (Å²) in [6.45, 7) is 4.37. The molecule has 0 unspecified atom stereocenters. The molecule has 0 radical (unpaired) electrons. The Hall–Kier alpha value is -3.80. The number of hydrogen-bond acceptors (Lipinski definition) is 6. The summed E-state index contributed by atoms with van der Waals surface area (Å²) in [6, 6.07) is 15.7. The van der Waals surface area contributed by atoms with Gasteiger partial charge in [-0.1, -0.05) is 36.1 Å². The highest BCUT2D eigenvalue weighted by atomic mass is 19.1. The minimum Gasteiger partial charge on any atom is -0.502 e. The van der Waals surface area contributed by atoms with Gasteiger partial charge >= 0.3 is 0 Å². The van der Waals surface area contributed by atoms with E-state index in [0.29, 0.717) is 24.4 Å². The molecule has 202 valence electrons. The number of carbonyl (C=O) groups is 1. The molecular weight excluding hydrogens is 495 g/mol. The van der Waals surface area contributed by atoms with Crippen molar-refractivity contribution in [1.29, 1.82) is 0 Å².